The quantitative estimate of drug-likeness (QED) is 0.671. The summed E-state index contributed by atoms with van der Waals surface area (Å²) in [7, 11) is -3.52. The molecule has 0 radical (unpaired) electrons. The number of aromatic nitrogens is 1. The molecule has 4 nitrogen and oxygen atoms in total. The Morgan fingerprint density at radius 3 is 2.35 bits per heavy atom. The molecule has 1 aliphatic rings. The Hall–Kier alpha value is -2.02. The molecular weight excluding hydrogens is 364 g/mol. The van der Waals surface area contributed by atoms with E-state index in [1.165, 1.54) is 0 Å². The van der Waals surface area contributed by atoms with Crippen LogP contribution in [0.5, 0.6) is 0 Å². The molecule has 1 aliphatic heterocycles. The molecule has 1 aromatic carbocycles. The topological polar surface area (TPSA) is 50.3 Å². The van der Waals surface area contributed by atoms with E-state index >= 15 is 0 Å². The van der Waals surface area contributed by atoms with Crippen LogP contribution in [0.1, 0.15) is 27.9 Å². The summed E-state index contributed by atoms with van der Waals surface area (Å²) >= 11 is 1.65. The second kappa shape index (κ2) is 6.30. The van der Waals surface area contributed by atoms with Gasteiger partial charge in [0.25, 0.3) is 0 Å². The number of fused-ring (bicyclic) bond motifs is 1. The predicted molar refractivity (Wildman–Crippen MR) is 105 cm³/mol. The molecule has 0 bridgehead atoms. The lowest BCUT2D eigenvalue weighted by Gasteiger charge is -2.15. The molecule has 0 amide bonds. The zero-order valence-electron chi connectivity index (χ0n) is 15.0. The van der Waals surface area contributed by atoms with Gasteiger partial charge in [-0.3, -0.25) is 4.98 Å². The van der Waals surface area contributed by atoms with Crippen LogP contribution in [-0.2, 0) is 23.1 Å². The van der Waals surface area contributed by atoms with Crippen molar-refractivity contribution in [3.63, 3.8) is 0 Å². The van der Waals surface area contributed by atoms with E-state index in [1.807, 2.05) is 44.4 Å². The number of nitrogens with zero attached hydrogens (tertiary/aromatic N) is 2. The summed E-state index contributed by atoms with van der Waals surface area (Å²) in [6, 6.07) is 11.1. The number of aryl methyl sites for hydroxylation is 2. The largest absolute Gasteiger partial charge is 0.252 e. The molecule has 0 fully saturated rings. The molecule has 0 N–H and O–H groups in total. The van der Waals surface area contributed by atoms with Crippen LogP contribution in [0.2, 0.25) is 0 Å². The highest BCUT2D eigenvalue weighted by Gasteiger charge is 2.33. The monoisotopic (exact) mass is 384 g/mol. The van der Waals surface area contributed by atoms with Crippen LogP contribution in [0, 0.1) is 20.8 Å². The van der Waals surface area contributed by atoms with Gasteiger partial charge in [-0.2, -0.15) is 4.31 Å². The van der Waals surface area contributed by atoms with Crippen molar-refractivity contribution in [1.82, 2.24) is 9.29 Å². The molecule has 0 spiro atoms. The van der Waals surface area contributed by atoms with E-state index in [4.69, 9.17) is 4.98 Å². The van der Waals surface area contributed by atoms with Crippen molar-refractivity contribution >= 4 is 21.4 Å². The molecule has 6 heteroatoms. The van der Waals surface area contributed by atoms with Gasteiger partial charge in [0.15, 0.2) is 0 Å². The van der Waals surface area contributed by atoms with E-state index in [9.17, 15) is 8.42 Å². The van der Waals surface area contributed by atoms with Gasteiger partial charge in [0.2, 0.25) is 10.0 Å². The maximum absolute atomic E-state index is 13.1. The summed E-state index contributed by atoms with van der Waals surface area (Å²) in [5, 5.41) is 2.03. The molecule has 3 heterocycles. The average Bonchev–Trinajstić information content (AvgIpc) is 3.28. The highest BCUT2D eigenvalue weighted by atomic mass is 32.2. The summed E-state index contributed by atoms with van der Waals surface area (Å²) in [6.07, 6.45) is 0. The third kappa shape index (κ3) is 2.78. The first kappa shape index (κ1) is 17.4. The fraction of sp³-hybridized carbons (Fsp3) is 0.250. The Labute approximate surface area is 158 Å². The van der Waals surface area contributed by atoms with E-state index in [2.05, 4.69) is 6.07 Å². The van der Waals surface area contributed by atoms with Crippen molar-refractivity contribution in [2.24, 2.45) is 0 Å². The maximum atomic E-state index is 13.1. The number of benzene rings is 1. The molecule has 4 rings (SSSR count). The van der Waals surface area contributed by atoms with Gasteiger partial charge in [-0.05, 0) is 61.0 Å². The van der Waals surface area contributed by atoms with Crippen molar-refractivity contribution < 1.29 is 8.42 Å². The van der Waals surface area contributed by atoms with Crippen molar-refractivity contribution in [2.75, 3.05) is 0 Å². The lowest BCUT2D eigenvalue weighted by Crippen LogP contribution is -2.25. The lowest BCUT2D eigenvalue weighted by atomic mass is 10.0. The van der Waals surface area contributed by atoms with Crippen molar-refractivity contribution in [1.29, 1.82) is 0 Å². The summed E-state index contributed by atoms with van der Waals surface area (Å²) in [5.74, 6) is 0. The van der Waals surface area contributed by atoms with Gasteiger partial charge in [0, 0.05) is 18.8 Å². The van der Waals surface area contributed by atoms with Gasteiger partial charge in [-0.25, -0.2) is 8.42 Å². The van der Waals surface area contributed by atoms with Crippen molar-refractivity contribution in [2.45, 2.75) is 38.8 Å². The highest BCUT2D eigenvalue weighted by molar-refractivity contribution is 7.89. The Morgan fingerprint density at radius 2 is 1.69 bits per heavy atom. The smallest absolute Gasteiger partial charge is 0.243 e. The minimum atomic E-state index is -3.52. The van der Waals surface area contributed by atoms with Gasteiger partial charge in [0.05, 0.1) is 15.5 Å². The molecule has 0 saturated heterocycles. The molecule has 2 aromatic heterocycles. The second-order valence-corrected chi connectivity index (χ2v) is 9.58. The first-order chi connectivity index (χ1) is 12.4. The third-order valence-electron chi connectivity index (χ3n) is 4.97. The van der Waals surface area contributed by atoms with Gasteiger partial charge in [-0.1, -0.05) is 23.8 Å². The van der Waals surface area contributed by atoms with Gasteiger partial charge in [0.1, 0.15) is 0 Å². The summed E-state index contributed by atoms with van der Waals surface area (Å²) in [4.78, 5) is 6.24. The number of thiophene rings is 1. The van der Waals surface area contributed by atoms with E-state index in [1.54, 1.807) is 27.8 Å². The summed E-state index contributed by atoms with van der Waals surface area (Å²) in [6.45, 7) is 6.75. The molecular formula is C20H20N2O2S2. The van der Waals surface area contributed by atoms with E-state index in [0.29, 0.717) is 18.0 Å². The van der Waals surface area contributed by atoms with Gasteiger partial charge >= 0.3 is 0 Å². The van der Waals surface area contributed by atoms with Crippen LogP contribution in [0.4, 0.5) is 0 Å². The van der Waals surface area contributed by atoms with Crippen LogP contribution in [0.3, 0.4) is 0 Å². The number of pyridine rings is 1. The van der Waals surface area contributed by atoms with Crippen LogP contribution in [0.15, 0.2) is 46.7 Å². The second-order valence-electron chi connectivity index (χ2n) is 6.69. The standard InChI is InChI=1S/C20H20N2O2S2/c1-13-6-8-16(9-7-13)26(23,24)22-11-17-14(2)20(19-5-4-10-25-19)21-15(3)18(17)12-22/h4-10H,11-12H2,1-3H3. The molecule has 3 aromatic rings. The Morgan fingerprint density at radius 1 is 1.00 bits per heavy atom. The van der Waals surface area contributed by atoms with Crippen LogP contribution in [0.25, 0.3) is 10.6 Å². The summed E-state index contributed by atoms with van der Waals surface area (Å²) < 4.78 is 27.7. The van der Waals surface area contributed by atoms with Crippen molar-refractivity contribution in [3.05, 3.63) is 69.7 Å². The minimum absolute atomic E-state index is 0.345. The average molecular weight is 385 g/mol. The van der Waals surface area contributed by atoms with Crippen LogP contribution in [-0.4, -0.2) is 17.7 Å². The number of rotatable bonds is 3. The first-order valence-electron chi connectivity index (χ1n) is 8.47. The normalized spacial score (nSPS) is 14.6. The van der Waals surface area contributed by atoms with Crippen molar-refractivity contribution in [3.8, 4) is 10.6 Å². The predicted octanol–water partition coefficient (Wildman–Crippen LogP) is 4.44. The zero-order chi connectivity index (χ0) is 18.5. The lowest BCUT2D eigenvalue weighted by molar-refractivity contribution is 0.431. The number of hydrogen-bond acceptors (Lipinski definition) is 4. The van der Waals surface area contributed by atoms with Crippen LogP contribution < -0.4 is 0 Å². The first-order valence-corrected chi connectivity index (χ1v) is 10.8. The van der Waals surface area contributed by atoms with E-state index in [0.717, 1.165) is 38.5 Å². The highest BCUT2D eigenvalue weighted by Crippen LogP contribution is 2.37. The minimum Gasteiger partial charge on any atom is -0.252 e. The molecule has 0 saturated carbocycles. The summed E-state index contributed by atoms with van der Waals surface area (Å²) in [5.41, 5.74) is 6.14. The van der Waals surface area contributed by atoms with E-state index < -0.39 is 10.0 Å². The molecule has 0 aliphatic carbocycles. The SMILES string of the molecule is Cc1ccc(S(=O)(=O)N2Cc3c(C)nc(-c4cccs4)c(C)c3C2)cc1. The number of hydrogen-bond donors (Lipinski definition) is 0. The molecule has 26 heavy (non-hydrogen) atoms. The van der Waals surface area contributed by atoms with Crippen LogP contribution >= 0.6 is 11.3 Å². The fourth-order valence-electron chi connectivity index (χ4n) is 3.42. The van der Waals surface area contributed by atoms with Gasteiger partial charge < -0.3 is 0 Å². The van der Waals surface area contributed by atoms with E-state index in [-0.39, 0.29) is 0 Å². The third-order valence-corrected chi connectivity index (χ3v) is 7.65. The Bertz CT molecular complexity index is 1070. The number of sulfonamides is 1. The Kier molecular flexibility index (Phi) is 4.22. The maximum Gasteiger partial charge on any atom is 0.243 e. The molecule has 134 valence electrons. The Balaban J connectivity index is 1.74. The fourth-order valence-corrected chi connectivity index (χ4v) is 5.57. The molecule has 0 unspecified atom stereocenters. The zero-order valence-corrected chi connectivity index (χ0v) is 16.6. The van der Waals surface area contributed by atoms with Gasteiger partial charge in [-0.15, -0.1) is 11.3 Å². The molecule has 0 atom stereocenters.